The molecule has 2 aromatic rings. The summed E-state index contributed by atoms with van der Waals surface area (Å²) in [7, 11) is 2.17. The minimum Gasteiger partial charge on any atom is -0.399 e. The number of aryl methyl sites for hydroxylation is 2. The van der Waals surface area contributed by atoms with E-state index in [9.17, 15) is 0 Å². The predicted molar refractivity (Wildman–Crippen MR) is 86.7 cm³/mol. The van der Waals surface area contributed by atoms with Gasteiger partial charge in [0.1, 0.15) is 0 Å². The van der Waals surface area contributed by atoms with Crippen LogP contribution in [0, 0.1) is 6.92 Å². The second-order valence-electron chi connectivity index (χ2n) is 5.53. The molecule has 2 heteroatoms. The van der Waals surface area contributed by atoms with Crippen LogP contribution in [-0.2, 0) is 13.0 Å². The molecule has 0 aliphatic carbocycles. The van der Waals surface area contributed by atoms with Gasteiger partial charge in [-0.15, -0.1) is 0 Å². The fourth-order valence-corrected chi connectivity index (χ4v) is 2.39. The summed E-state index contributed by atoms with van der Waals surface area (Å²) in [5, 5.41) is 0. The lowest BCUT2D eigenvalue weighted by Crippen LogP contribution is -2.19. The van der Waals surface area contributed by atoms with Crippen LogP contribution in [0.25, 0.3) is 0 Å². The molecule has 0 radical (unpaired) electrons. The Morgan fingerprint density at radius 3 is 2.40 bits per heavy atom. The van der Waals surface area contributed by atoms with E-state index in [1.54, 1.807) is 0 Å². The molecule has 0 heterocycles. The lowest BCUT2D eigenvalue weighted by atomic mass is 10.1. The highest BCUT2D eigenvalue weighted by Crippen LogP contribution is 2.13. The van der Waals surface area contributed by atoms with Crippen LogP contribution < -0.4 is 5.73 Å². The third kappa shape index (κ3) is 4.39. The minimum atomic E-state index is 0.911. The van der Waals surface area contributed by atoms with Gasteiger partial charge in [-0.1, -0.05) is 48.0 Å². The van der Waals surface area contributed by atoms with Crippen molar-refractivity contribution >= 4 is 5.69 Å². The van der Waals surface area contributed by atoms with Crippen LogP contribution in [0.3, 0.4) is 0 Å². The van der Waals surface area contributed by atoms with Gasteiger partial charge in [0.15, 0.2) is 0 Å². The van der Waals surface area contributed by atoms with Crippen LogP contribution >= 0.6 is 0 Å². The Morgan fingerprint density at radius 1 is 1.00 bits per heavy atom. The molecule has 2 rings (SSSR count). The van der Waals surface area contributed by atoms with E-state index in [1.165, 1.54) is 16.7 Å². The number of rotatable bonds is 6. The molecule has 0 saturated heterocycles. The molecule has 0 aliphatic heterocycles. The van der Waals surface area contributed by atoms with Gasteiger partial charge in [-0.2, -0.15) is 0 Å². The highest BCUT2D eigenvalue weighted by atomic mass is 15.1. The van der Waals surface area contributed by atoms with Crippen LogP contribution in [0.1, 0.15) is 23.1 Å². The molecular formula is C18H24N2. The molecule has 106 valence electrons. The molecule has 0 spiro atoms. The molecule has 0 amide bonds. The number of nitrogen functional groups attached to an aromatic ring is 1. The number of hydrogen-bond acceptors (Lipinski definition) is 2. The number of nitrogens with zero attached hydrogens (tertiary/aromatic N) is 1. The fraction of sp³-hybridized carbons (Fsp3) is 0.333. The van der Waals surface area contributed by atoms with Crippen molar-refractivity contribution in [3.05, 3.63) is 65.2 Å². The smallest absolute Gasteiger partial charge is 0.0346 e. The predicted octanol–water partition coefficient (Wildman–Crippen LogP) is 3.64. The van der Waals surface area contributed by atoms with Crippen molar-refractivity contribution in [3.63, 3.8) is 0 Å². The summed E-state index contributed by atoms with van der Waals surface area (Å²) in [6, 6.07) is 16.9. The Bertz CT molecular complexity index is 531. The van der Waals surface area contributed by atoms with E-state index >= 15 is 0 Å². The van der Waals surface area contributed by atoms with Gasteiger partial charge in [0, 0.05) is 12.2 Å². The van der Waals surface area contributed by atoms with Gasteiger partial charge in [-0.25, -0.2) is 0 Å². The maximum atomic E-state index is 5.96. The Hall–Kier alpha value is -1.80. The Balaban J connectivity index is 1.76. The maximum Gasteiger partial charge on any atom is 0.0346 e. The zero-order valence-corrected chi connectivity index (χ0v) is 12.5. The Labute approximate surface area is 122 Å². The molecule has 2 aromatic carbocycles. The van der Waals surface area contributed by atoms with Crippen molar-refractivity contribution in [1.82, 2.24) is 4.90 Å². The Morgan fingerprint density at radius 2 is 1.70 bits per heavy atom. The first-order valence-corrected chi connectivity index (χ1v) is 7.22. The zero-order valence-electron chi connectivity index (χ0n) is 12.5. The quantitative estimate of drug-likeness (QED) is 0.810. The van der Waals surface area contributed by atoms with Gasteiger partial charge < -0.3 is 10.6 Å². The van der Waals surface area contributed by atoms with E-state index in [0.29, 0.717) is 0 Å². The van der Waals surface area contributed by atoms with E-state index in [2.05, 4.69) is 55.3 Å². The van der Waals surface area contributed by atoms with Gasteiger partial charge in [0.2, 0.25) is 0 Å². The van der Waals surface area contributed by atoms with Crippen LogP contribution in [-0.4, -0.2) is 18.5 Å². The average molecular weight is 268 g/mol. The van der Waals surface area contributed by atoms with E-state index in [4.69, 9.17) is 5.73 Å². The van der Waals surface area contributed by atoms with Gasteiger partial charge in [-0.05, 0) is 50.6 Å². The van der Waals surface area contributed by atoms with Crippen LogP contribution in [0.5, 0.6) is 0 Å². The van der Waals surface area contributed by atoms with Crippen molar-refractivity contribution < 1.29 is 0 Å². The highest BCUT2D eigenvalue weighted by Gasteiger charge is 2.02. The SMILES string of the molecule is Cc1ccc(CN(C)CCCc2ccccc2N)cc1. The molecule has 0 unspecified atom stereocenters. The summed E-state index contributed by atoms with van der Waals surface area (Å²) in [6.07, 6.45) is 2.18. The molecule has 0 bridgehead atoms. The summed E-state index contributed by atoms with van der Waals surface area (Å²) < 4.78 is 0. The third-order valence-electron chi connectivity index (χ3n) is 3.61. The van der Waals surface area contributed by atoms with Gasteiger partial charge in [0.05, 0.1) is 0 Å². The molecule has 0 saturated carbocycles. The first-order chi connectivity index (χ1) is 9.65. The molecule has 0 aliphatic rings. The van der Waals surface area contributed by atoms with E-state index in [0.717, 1.165) is 31.6 Å². The number of para-hydroxylation sites is 1. The zero-order chi connectivity index (χ0) is 14.4. The molecule has 0 aromatic heterocycles. The summed E-state index contributed by atoms with van der Waals surface area (Å²) >= 11 is 0. The van der Waals surface area contributed by atoms with Crippen LogP contribution in [0.4, 0.5) is 5.69 Å². The standard InChI is InChI=1S/C18H24N2/c1-15-9-11-16(12-10-15)14-20(2)13-5-7-17-6-3-4-8-18(17)19/h3-4,6,8-12H,5,7,13-14,19H2,1-2H3. The van der Waals surface area contributed by atoms with Crippen molar-refractivity contribution in [2.45, 2.75) is 26.3 Å². The van der Waals surface area contributed by atoms with Crippen molar-refractivity contribution in [2.75, 3.05) is 19.3 Å². The second kappa shape index (κ2) is 7.11. The third-order valence-corrected chi connectivity index (χ3v) is 3.61. The fourth-order valence-electron chi connectivity index (χ4n) is 2.39. The number of nitrogens with two attached hydrogens (primary N) is 1. The van der Waals surface area contributed by atoms with Crippen molar-refractivity contribution in [3.8, 4) is 0 Å². The van der Waals surface area contributed by atoms with E-state index < -0.39 is 0 Å². The molecule has 20 heavy (non-hydrogen) atoms. The van der Waals surface area contributed by atoms with Crippen molar-refractivity contribution in [1.29, 1.82) is 0 Å². The largest absolute Gasteiger partial charge is 0.399 e. The molecule has 0 atom stereocenters. The number of benzene rings is 2. The second-order valence-corrected chi connectivity index (χ2v) is 5.53. The summed E-state index contributed by atoms with van der Waals surface area (Å²) in [6.45, 7) is 4.21. The lowest BCUT2D eigenvalue weighted by molar-refractivity contribution is 0.322. The lowest BCUT2D eigenvalue weighted by Gasteiger charge is -2.17. The summed E-state index contributed by atoms with van der Waals surface area (Å²) in [4.78, 5) is 2.36. The summed E-state index contributed by atoms with van der Waals surface area (Å²) in [5.74, 6) is 0. The molecule has 2 nitrogen and oxygen atoms in total. The van der Waals surface area contributed by atoms with E-state index in [1.807, 2.05) is 12.1 Å². The Kier molecular flexibility index (Phi) is 5.19. The molecule has 0 fully saturated rings. The number of hydrogen-bond donors (Lipinski definition) is 1. The monoisotopic (exact) mass is 268 g/mol. The van der Waals surface area contributed by atoms with Crippen LogP contribution in [0.15, 0.2) is 48.5 Å². The normalized spacial score (nSPS) is 10.9. The number of anilines is 1. The van der Waals surface area contributed by atoms with Crippen molar-refractivity contribution in [2.24, 2.45) is 0 Å². The highest BCUT2D eigenvalue weighted by molar-refractivity contribution is 5.46. The summed E-state index contributed by atoms with van der Waals surface area (Å²) in [5.41, 5.74) is 10.8. The van der Waals surface area contributed by atoms with Gasteiger partial charge >= 0.3 is 0 Å². The first-order valence-electron chi connectivity index (χ1n) is 7.22. The van der Waals surface area contributed by atoms with Crippen LogP contribution in [0.2, 0.25) is 0 Å². The minimum absolute atomic E-state index is 0.911. The molecular weight excluding hydrogens is 244 g/mol. The maximum absolute atomic E-state index is 5.96. The topological polar surface area (TPSA) is 29.3 Å². The van der Waals surface area contributed by atoms with E-state index in [-0.39, 0.29) is 0 Å². The van der Waals surface area contributed by atoms with Gasteiger partial charge in [0.25, 0.3) is 0 Å². The average Bonchev–Trinajstić information content (AvgIpc) is 2.43. The van der Waals surface area contributed by atoms with Gasteiger partial charge in [-0.3, -0.25) is 0 Å². The first kappa shape index (κ1) is 14.6. The molecule has 2 N–H and O–H groups in total.